The fourth-order valence-corrected chi connectivity index (χ4v) is 1.93. The molecule has 5 nitrogen and oxygen atoms in total. The number of urea groups is 1. The molecule has 1 unspecified atom stereocenters. The fourth-order valence-electron chi connectivity index (χ4n) is 1.40. The highest BCUT2D eigenvalue weighted by atomic mass is 35.5. The van der Waals surface area contributed by atoms with Crippen molar-refractivity contribution in [3.8, 4) is 0 Å². The Bertz CT molecular complexity index is 429. The Morgan fingerprint density at radius 3 is 2.79 bits per heavy atom. The standard InChI is InChI=1S/C12H16Cl2N2O3/c1-19-5-4-15-12(18)16-7-11(17)9-3-2-8(13)6-10(9)14/h2-3,6,11,17H,4-5,7H2,1H3,(H2,15,16,18). The molecule has 1 aromatic carbocycles. The third-order valence-corrected chi connectivity index (χ3v) is 2.93. The molecule has 0 radical (unpaired) electrons. The van der Waals surface area contributed by atoms with Crippen LogP contribution in [-0.2, 0) is 4.74 Å². The monoisotopic (exact) mass is 306 g/mol. The minimum atomic E-state index is -0.891. The Morgan fingerprint density at radius 2 is 2.16 bits per heavy atom. The summed E-state index contributed by atoms with van der Waals surface area (Å²) in [6, 6.07) is 4.42. The molecular weight excluding hydrogens is 291 g/mol. The molecule has 0 aliphatic rings. The van der Waals surface area contributed by atoms with Crippen LogP contribution in [0.2, 0.25) is 10.0 Å². The predicted octanol–water partition coefficient (Wildman–Crippen LogP) is 1.97. The van der Waals surface area contributed by atoms with Crippen LogP contribution < -0.4 is 10.6 Å². The molecule has 0 aromatic heterocycles. The van der Waals surface area contributed by atoms with Gasteiger partial charge in [-0.15, -0.1) is 0 Å². The lowest BCUT2D eigenvalue weighted by molar-refractivity contribution is 0.171. The SMILES string of the molecule is COCCNC(=O)NCC(O)c1ccc(Cl)cc1Cl. The molecule has 0 heterocycles. The molecule has 0 aliphatic carbocycles. The van der Waals surface area contributed by atoms with Crippen LogP contribution in [0.25, 0.3) is 0 Å². The molecule has 0 bridgehead atoms. The largest absolute Gasteiger partial charge is 0.387 e. The first-order chi connectivity index (χ1) is 9.04. The van der Waals surface area contributed by atoms with Crippen LogP contribution in [0.4, 0.5) is 4.79 Å². The average molecular weight is 307 g/mol. The Balaban J connectivity index is 2.42. The number of hydrogen-bond donors (Lipinski definition) is 3. The van der Waals surface area contributed by atoms with Gasteiger partial charge in [0.1, 0.15) is 0 Å². The molecule has 2 amide bonds. The summed E-state index contributed by atoms with van der Waals surface area (Å²) in [5.74, 6) is 0. The molecule has 1 aromatic rings. The molecule has 19 heavy (non-hydrogen) atoms. The minimum absolute atomic E-state index is 0.0557. The van der Waals surface area contributed by atoms with Crippen molar-refractivity contribution >= 4 is 29.2 Å². The number of benzene rings is 1. The van der Waals surface area contributed by atoms with Crippen molar-refractivity contribution in [3.63, 3.8) is 0 Å². The summed E-state index contributed by atoms with van der Waals surface area (Å²) in [5, 5.41) is 15.9. The smallest absolute Gasteiger partial charge is 0.314 e. The van der Waals surface area contributed by atoms with E-state index in [2.05, 4.69) is 10.6 Å². The highest BCUT2D eigenvalue weighted by Gasteiger charge is 2.12. The number of amides is 2. The van der Waals surface area contributed by atoms with Crippen molar-refractivity contribution in [3.05, 3.63) is 33.8 Å². The topological polar surface area (TPSA) is 70.6 Å². The molecule has 0 aliphatic heterocycles. The Labute approximate surface area is 121 Å². The van der Waals surface area contributed by atoms with E-state index in [1.54, 1.807) is 25.3 Å². The van der Waals surface area contributed by atoms with E-state index in [-0.39, 0.29) is 12.6 Å². The first-order valence-electron chi connectivity index (χ1n) is 5.68. The zero-order valence-corrected chi connectivity index (χ0v) is 12.0. The number of aliphatic hydroxyl groups is 1. The van der Waals surface area contributed by atoms with Gasteiger partial charge in [0.25, 0.3) is 0 Å². The van der Waals surface area contributed by atoms with Gasteiger partial charge in [0, 0.05) is 35.8 Å². The third kappa shape index (κ3) is 5.65. The Hall–Kier alpha value is -1.01. The van der Waals surface area contributed by atoms with Gasteiger partial charge in [-0.25, -0.2) is 4.79 Å². The van der Waals surface area contributed by atoms with Crippen molar-refractivity contribution in [2.45, 2.75) is 6.10 Å². The summed E-state index contributed by atoms with van der Waals surface area (Å²) in [7, 11) is 1.55. The Morgan fingerprint density at radius 1 is 1.42 bits per heavy atom. The van der Waals surface area contributed by atoms with Crippen molar-refractivity contribution in [1.29, 1.82) is 0 Å². The average Bonchev–Trinajstić information content (AvgIpc) is 2.36. The second-order valence-corrected chi connectivity index (χ2v) is 4.65. The number of carbonyl (C=O) groups excluding carboxylic acids is 1. The van der Waals surface area contributed by atoms with E-state index in [1.807, 2.05) is 0 Å². The number of hydrogen-bond acceptors (Lipinski definition) is 3. The van der Waals surface area contributed by atoms with Gasteiger partial charge in [0.2, 0.25) is 0 Å². The summed E-state index contributed by atoms with van der Waals surface area (Å²) < 4.78 is 4.79. The highest BCUT2D eigenvalue weighted by molar-refractivity contribution is 6.35. The van der Waals surface area contributed by atoms with Crippen LogP contribution in [0.1, 0.15) is 11.7 Å². The third-order valence-electron chi connectivity index (χ3n) is 2.37. The van der Waals surface area contributed by atoms with Crippen LogP contribution >= 0.6 is 23.2 Å². The van der Waals surface area contributed by atoms with Gasteiger partial charge in [-0.1, -0.05) is 29.3 Å². The number of methoxy groups -OCH3 is 1. The number of nitrogens with one attached hydrogen (secondary N) is 2. The molecule has 0 spiro atoms. The van der Waals surface area contributed by atoms with Crippen molar-refractivity contribution < 1.29 is 14.6 Å². The van der Waals surface area contributed by atoms with Crippen molar-refractivity contribution in [2.75, 3.05) is 26.8 Å². The molecule has 0 saturated carbocycles. The van der Waals surface area contributed by atoms with Crippen LogP contribution in [0.15, 0.2) is 18.2 Å². The molecule has 3 N–H and O–H groups in total. The lowest BCUT2D eigenvalue weighted by Crippen LogP contribution is -2.39. The molecule has 1 atom stereocenters. The molecule has 0 saturated heterocycles. The normalized spacial score (nSPS) is 12.0. The van der Waals surface area contributed by atoms with Gasteiger partial charge in [-0.2, -0.15) is 0 Å². The molecule has 0 fully saturated rings. The zero-order chi connectivity index (χ0) is 14.3. The number of halogens is 2. The first kappa shape index (κ1) is 16.0. The van der Waals surface area contributed by atoms with Gasteiger partial charge in [0.15, 0.2) is 0 Å². The summed E-state index contributed by atoms with van der Waals surface area (Å²) in [6.07, 6.45) is -0.891. The van der Waals surface area contributed by atoms with E-state index < -0.39 is 6.10 Å². The second-order valence-electron chi connectivity index (χ2n) is 3.81. The van der Waals surface area contributed by atoms with Gasteiger partial charge >= 0.3 is 6.03 Å². The Kier molecular flexibility index (Phi) is 6.94. The van der Waals surface area contributed by atoms with E-state index in [0.29, 0.717) is 28.8 Å². The van der Waals surface area contributed by atoms with Gasteiger partial charge in [-0.3, -0.25) is 0 Å². The van der Waals surface area contributed by atoms with Gasteiger partial charge < -0.3 is 20.5 Å². The van der Waals surface area contributed by atoms with Crippen LogP contribution in [0, 0.1) is 0 Å². The fraction of sp³-hybridized carbons (Fsp3) is 0.417. The molecular formula is C12H16Cl2N2O3. The molecule has 106 valence electrons. The number of carbonyl (C=O) groups is 1. The van der Waals surface area contributed by atoms with Crippen molar-refractivity contribution in [1.82, 2.24) is 10.6 Å². The second kappa shape index (κ2) is 8.22. The van der Waals surface area contributed by atoms with E-state index in [9.17, 15) is 9.90 Å². The predicted molar refractivity (Wildman–Crippen MR) is 74.7 cm³/mol. The number of rotatable bonds is 6. The molecule has 1 rings (SSSR count). The maximum Gasteiger partial charge on any atom is 0.314 e. The maximum atomic E-state index is 11.3. The summed E-state index contributed by atoms with van der Waals surface area (Å²) in [4.78, 5) is 11.3. The van der Waals surface area contributed by atoms with E-state index >= 15 is 0 Å². The lowest BCUT2D eigenvalue weighted by atomic mass is 10.1. The summed E-state index contributed by atoms with van der Waals surface area (Å²) in [5.41, 5.74) is 0.517. The minimum Gasteiger partial charge on any atom is -0.387 e. The van der Waals surface area contributed by atoms with Gasteiger partial charge in [0.05, 0.1) is 12.7 Å². The molecule has 7 heteroatoms. The number of aliphatic hydroxyl groups excluding tert-OH is 1. The van der Waals surface area contributed by atoms with E-state index in [4.69, 9.17) is 27.9 Å². The van der Waals surface area contributed by atoms with Crippen molar-refractivity contribution in [2.24, 2.45) is 0 Å². The van der Waals surface area contributed by atoms with Crippen LogP contribution in [0.3, 0.4) is 0 Å². The van der Waals surface area contributed by atoms with Crippen LogP contribution in [0.5, 0.6) is 0 Å². The van der Waals surface area contributed by atoms with Gasteiger partial charge in [-0.05, 0) is 12.1 Å². The van der Waals surface area contributed by atoms with E-state index in [1.165, 1.54) is 0 Å². The van der Waals surface area contributed by atoms with E-state index in [0.717, 1.165) is 0 Å². The summed E-state index contributed by atoms with van der Waals surface area (Å²) >= 11 is 11.7. The number of ether oxygens (including phenoxy) is 1. The first-order valence-corrected chi connectivity index (χ1v) is 6.44. The summed E-state index contributed by atoms with van der Waals surface area (Å²) in [6.45, 7) is 0.888. The zero-order valence-electron chi connectivity index (χ0n) is 10.5. The highest BCUT2D eigenvalue weighted by Crippen LogP contribution is 2.25. The van der Waals surface area contributed by atoms with Crippen LogP contribution in [-0.4, -0.2) is 37.9 Å². The lowest BCUT2D eigenvalue weighted by Gasteiger charge is -2.14. The maximum absolute atomic E-state index is 11.3. The quantitative estimate of drug-likeness (QED) is 0.704.